The van der Waals surface area contributed by atoms with E-state index in [-0.39, 0.29) is 11.6 Å². The maximum absolute atomic E-state index is 13.6. The second-order valence-corrected chi connectivity index (χ2v) is 9.77. The van der Waals surface area contributed by atoms with Crippen molar-refractivity contribution in [3.8, 4) is 17.2 Å². The molecule has 0 aliphatic carbocycles. The number of rotatable bonds is 6. The van der Waals surface area contributed by atoms with Gasteiger partial charge in [0.05, 0.1) is 18.2 Å². The van der Waals surface area contributed by atoms with Crippen molar-refractivity contribution in [2.24, 2.45) is 0 Å². The first-order valence-electron chi connectivity index (χ1n) is 12.8. The number of aromatic nitrogens is 1. The summed E-state index contributed by atoms with van der Waals surface area (Å²) in [6.45, 7) is 6.60. The van der Waals surface area contributed by atoms with Crippen LogP contribution >= 0.6 is 0 Å². The third-order valence-corrected chi connectivity index (χ3v) is 7.36. The van der Waals surface area contributed by atoms with Gasteiger partial charge in [-0.2, -0.15) is 0 Å². The van der Waals surface area contributed by atoms with Crippen LogP contribution in [0.4, 0.5) is 4.39 Å². The molecule has 3 heterocycles. The summed E-state index contributed by atoms with van der Waals surface area (Å²) >= 11 is 0. The molecule has 3 aromatic carbocycles. The number of methoxy groups -OCH3 is 1. The molecule has 6 rings (SSSR count). The van der Waals surface area contributed by atoms with Gasteiger partial charge in [-0.15, -0.1) is 0 Å². The summed E-state index contributed by atoms with van der Waals surface area (Å²) in [6.07, 6.45) is 4.64. The zero-order valence-corrected chi connectivity index (χ0v) is 21.7. The van der Waals surface area contributed by atoms with E-state index >= 15 is 0 Å². The molecule has 0 amide bonds. The summed E-state index contributed by atoms with van der Waals surface area (Å²) in [5.74, 6) is 2.04. The number of carbonyl (C=O) groups excluding carboxylic acids is 1. The summed E-state index contributed by atoms with van der Waals surface area (Å²) in [6, 6.07) is 14.5. The maximum Gasteiger partial charge on any atom is 0.232 e. The van der Waals surface area contributed by atoms with E-state index in [1.165, 1.54) is 12.1 Å². The molecule has 0 saturated heterocycles. The predicted molar refractivity (Wildman–Crippen MR) is 144 cm³/mol. The van der Waals surface area contributed by atoms with Gasteiger partial charge in [-0.3, -0.25) is 9.69 Å². The van der Waals surface area contributed by atoms with Gasteiger partial charge >= 0.3 is 0 Å². The number of halogens is 1. The van der Waals surface area contributed by atoms with Crippen LogP contribution in [0.5, 0.6) is 17.2 Å². The molecule has 38 heavy (non-hydrogen) atoms. The van der Waals surface area contributed by atoms with Gasteiger partial charge in [-0.25, -0.2) is 4.39 Å². The van der Waals surface area contributed by atoms with Crippen LogP contribution < -0.4 is 14.2 Å². The largest absolute Gasteiger partial charge is 0.497 e. The average Bonchev–Trinajstić information content (AvgIpc) is 3.45. The fourth-order valence-electron chi connectivity index (χ4n) is 5.31. The first-order chi connectivity index (χ1) is 18.4. The highest BCUT2D eigenvalue weighted by Crippen LogP contribution is 2.44. The normalized spacial score (nSPS) is 15.9. The first kappa shape index (κ1) is 24.2. The Labute approximate surface area is 220 Å². The van der Waals surface area contributed by atoms with E-state index in [0.717, 1.165) is 64.2 Å². The molecule has 0 N–H and O–H groups in total. The number of nitrogens with zero attached hydrogens (tertiary/aromatic N) is 2. The van der Waals surface area contributed by atoms with Crippen LogP contribution in [0.3, 0.4) is 0 Å². The molecule has 0 saturated carbocycles. The van der Waals surface area contributed by atoms with Gasteiger partial charge in [0.2, 0.25) is 5.78 Å². The van der Waals surface area contributed by atoms with Gasteiger partial charge < -0.3 is 18.8 Å². The SMILES string of the molecule is CCn1cc(/C=C2/Oc3c4c(cc(C)c3C2=O)OCN(CCc2ccc(F)cc2)C4)c2cc(OC)ccc21. The summed E-state index contributed by atoms with van der Waals surface area (Å²) in [5.41, 5.74) is 5.35. The Hall–Kier alpha value is -4.10. The third kappa shape index (κ3) is 4.23. The number of hydrogen-bond acceptors (Lipinski definition) is 5. The highest BCUT2D eigenvalue weighted by molar-refractivity contribution is 6.16. The fraction of sp³-hybridized carbons (Fsp3) is 0.258. The zero-order chi connectivity index (χ0) is 26.4. The number of benzene rings is 3. The van der Waals surface area contributed by atoms with Gasteiger partial charge in [0, 0.05) is 42.3 Å². The standard InChI is InChI=1S/C31H29FN2O4/c1-4-34-16-21(24-15-23(36-3)9-10-26(24)34)14-28-30(35)29-19(2)13-27-25(31(29)38-28)17-33(18-37-27)12-11-20-5-7-22(32)8-6-20/h5-10,13-16H,4,11-12,17-18H2,1-3H3/b28-14+. The lowest BCUT2D eigenvalue weighted by atomic mass is 9.98. The van der Waals surface area contributed by atoms with Crippen LogP contribution in [-0.2, 0) is 19.5 Å². The number of allylic oxidation sites excluding steroid dienone is 1. The van der Waals surface area contributed by atoms with Gasteiger partial charge in [0.25, 0.3) is 0 Å². The third-order valence-electron chi connectivity index (χ3n) is 7.36. The van der Waals surface area contributed by atoms with Crippen molar-refractivity contribution in [1.29, 1.82) is 0 Å². The molecule has 194 valence electrons. The van der Waals surface area contributed by atoms with Crippen molar-refractivity contribution in [1.82, 2.24) is 9.47 Å². The van der Waals surface area contributed by atoms with E-state index in [1.807, 2.05) is 43.5 Å². The van der Waals surface area contributed by atoms with Crippen molar-refractivity contribution >= 4 is 22.8 Å². The van der Waals surface area contributed by atoms with Crippen LogP contribution in [0.2, 0.25) is 0 Å². The topological polar surface area (TPSA) is 52.9 Å². The van der Waals surface area contributed by atoms with E-state index in [2.05, 4.69) is 16.4 Å². The van der Waals surface area contributed by atoms with Crippen LogP contribution in [0.15, 0.2) is 60.5 Å². The quantitative estimate of drug-likeness (QED) is 0.291. The predicted octanol–water partition coefficient (Wildman–Crippen LogP) is 6.13. The van der Waals surface area contributed by atoms with Crippen molar-refractivity contribution in [2.75, 3.05) is 20.4 Å². The van der Waals surface area contributed by atoms with Gasteiger partial charge in [0.15, 0.2) is 5.76 Å². The zero-order valence-electron chi connectivity index (χ0n) is 21.7. The Morgan fingerprint density at radius 1 is 1.13 bits per heavy atom. The van der Waals surface area contributed by atoms with Gasteiger partial charge in [-0.05, 0) is 73.9 Å². The molecule has 0 unspecified atom stereocenters. The second-order valence-electron chi connectivity index (χ2n) is 9.77. The van der Waals surface area contributed by atoms with E-state index < -0.39 is 0 Å². The highest BCUT2D eigenvalue weighted by Gasteiger charge is 2.35. The lowest BCUT2D eigenvalue weighted by Crippen LogP contribution is -2.33. The lowest BCUT2D eigenvalue weighted by molar-refractivity contribution is 0.0949. The number of hydrogen-bond donors (Lipinski definition) is 0. The van der Waals surface area contributed by atoms with E-state index in [0.29, 0.717) is 30.3 Å². The van der Waals surface area contributed by atoms with Crippen LogP contribution in [0, 0.1) is 12.7 Å². The molecule has 0 atom stereocenters. The number of aryl methyl sites for hydroxylation is 2. The molecule has 7 heteroatoms. The maximum atomic E-state index is 13.6. The minimum Gasteiger partial charge on any atom is -0.497 e. The Morgan fingerprint density at radius 3 is 2.71 bits per heavy atom. The molecule has 0 bridgehead atoms. The molecule has 0 fully saturated rings. The van der Waals surface area contributed by atoms with Gasteiger partial charge in [0.1, 0.15) is 29.8 Å². The Bertz CT molecular complexity index is 1590. The molecular weight excluding hydrogens is 483 g/mol. The number of carbonyl (C=O) groups is 1. The summed E-state index contributed by atoms with van der Waals surface area (Å²) in [5, 5.41) is 1.00. The molecular formula is C31H29FN2O4. The van der Waals surface area contributed by atoms with Crippen molar-refractivity contribution in [2.45, 2.75) is 33.4 Å². The number of ketones is 1. The number of Topliss-reactive ketones (excluding diaryl/α,β-unsaturated/α-hetero) is 1. The molecule has 0 radical (unpaired) electrons. The lowest BCUT2D eigenvalue weighted by Gasteiger charge is -2.30. The summed E-state index contributed by atoms with van der Waals surface area (Å²) in [7, 11) is 1.65. The Balaban J connectivity index is 1.31. The van der Waals surface area contributed by atoms with Crippen molar-refractivity contribution in [3.63, 3.8) is 0 Å². The number of ether oxygens (including phenoxy) is 3. The smallest absolute Gasteiger partial charge is 0.232 e. The summed E-state index contributed by atoms with van der Waals surface area (Å²) in [4.78, 5) is 15.7. The molecule has 0 spiro atoms. The van der Waals surface area contributed by atoms with Crippen LogP contribution in [0.1, 0.15) is 39.5 Å². The van der Waals surface area contributed by atoms with E-state index in [9.17, 15) is 9.18 Å². The van der Waals surface area contributed by atoms with E-state index in [4.69, 9.17) is 14.2 Å². The first-order valence-corrected chi connectivity index (χ1v) is 12.8. The minimum atomic E-state index is -0.237. The second kappa shape index (κ2) is 9.65. The molecule has 4 aromatic rings. The van der Waals surface area contributed by atoms with Crippen molar-refractivity contribution < 1.29 is 23.4 Å². The molecule has 1 aromatic heterocycles. The highest BCUT2D eigenvalue weighted by atomic mass is 19.1. The number of fused-ring (bicyclic) bond motifs is 4. The Morgan fingerprint density at radius 2 is 1.95 bits per heavy atom. The fourth-order valence-corrected chi connectivity index (χ4v) is 5.31. The van der Waals surface area contributed by atoms with E-state index in [1.54, 1.807) is 19.2 Å². The van der Waals surface area contributed by atoms with Crippen molar-refractivity contribution in [3.05, 3.63) is 94.1 Å². The molecule has 2 aliphatic heterocycles. The molecule has 2 aliphatic rings. The summed E-state index contributed by atoms with van der Waals surface area (Å²) < 4.78 is 33.2. The Kier molecular flexibility index (Phi) is 6.16. The van der Waals surface area contributed by atoms with Crippen LogP contribution in [-0.4, -0.2) is 35.6 Å². The molecule has 6 nitrogen and oxygen atoms in total. The minimum absolute atomic E-state index is 0.121. The van der Waals surface area contributed by atoms with Gasteiger partial charge in [-0.1, -0.05) is 12.1 Å². The monoisotopic (exact) mass is 512 g/mol. The van der Waals surface area contributed by atoms with Crippen LogP contribution in [0.25, 0.3) is 17.0 Å². The average molecular weight is 513 g/mol.